The van der Waals surface area contributed by atoms with Crippen molar-refractivity contribution in [3.05, 3.63) is 332 Å². The van der Waals surface area contributed by atoms with Crippen LogP contribution in [0.1, 0.15) is 22.3 Å². The first-order chi connectivity index (χ1) is 40.7. The van der Waals surface area contributed by atoms with Crippen molar-refractivity contribution >= 4 is 60.7 Å². The van der Waals surface area contributed by atoms with Crippen LogP contribution in [0.25, 0.3) is 111 Å². The number of fused-ring (bicyclic) bond motifs is 16. The summed E-state index contributed by atoms with van der Waals surface area (Å²) >= 11 is 0. The van der Waals surface area contributed by atoms with Crippen molar-refractivity contribution in [2.45, 2.75) is 5.41 Å². The third kappa shape index (κ3) is 6.77. The lowest BCUT2D eigenvalue weighted by atomic mass is 9.70. The van der Waals surface area contributed by atoms with Gasteiger partial charge >= 0.3 is 0 Å². The van der Waals surface area contributed by atoms with Gasteiger partial charge in [-0.1, -0.05) is 224 Å². The molecule has 382 valence electrons. The molecule has 2 heterocycles. The Morgan fingerprint density at radius 1 is 0.232 bits per heavy atom. The van der Waals surface area contributed by atoms with Gasteiger partial charge in [-0.15, -0.1) is 0 Å². The topological polar surface area (TPSA) is 13.1 Å². The lowest BCUT2D eigenvalue weighted by Crippen LogP contribution is -2.25. The van der Waals surface area contributed by atoms with Crippen LogP contribution in [0, 0.1) is 0 Å². The van der Waals surface area contributed by atoms with Gasteiger partial charge in [-0.25, -0.2) is 0 Å². The van der Waals surface area contributed by atoms with E-state index in [1.807, 2.05) is 0 Å². The second-order valence-corrected chi connectivity index (χ2v) is 21.9. The lowest BCUT2D eigenvalue weighted by molar-refractivity contribution is 0.794. The molecule has 0 unspecified atom stereocenters. The first-order valence-electron chi connectivity index (χ1n) is 28.4. The Labute approximate surface area is 476 Å². The highest BCUT2D eigenvalue weighted by Gasteiger charge is 2.52. The smallest absolute Gasteiger partial charge is 0.0725 e. The molecule has 13 aromatic carbocycles. The summed E-state index contributed by atoms with van der Waals surface area (Å²) in [6, 6.07) is 115. The van der Waals surface area contributed by atoms with Crippen molar-refractivity contribution in [1.82, 2.24) is 9.13 Å². The van der Waals surface area contributed by atoms with E-state index in [4.69, 9.17) is 0 Å². The van der Waals surface area contributed by atoms with Crippen molar-refractivity contribution in [2.75, 3.05) is 4.90 Å². The molecular weight excluding hydrogens is 991 g/mol. The minimum absolute atomic E-state index is 0.413. The second kappa shape index (κ2) is 18.2. The molecule has 0 bridgehead atoms. The zero-order valence-electron chi connectivity index (χ0n) is 44.8. The fourth-order valence-electron chi connectivity index (χ4n) is 14.3. The summed E-state index contributed by atoms with van der Waals surface area (Å²) in [5.41, 5.74) is 27.4. The highest BCUT2D eigenvalue weighted by atomic mass is 15.1. The first-order valence-corrected chi connectivity index (χ1v) is 28.4. The molecule has 0 fully saturated rings. The van der Waals surface area contributed by atoms with E-state index in [0.29, 0.717) is 0 Å². The molecular formula is C79H51N3. The van der Waals surface area contributed by atoms with Gasteiger partial charge in [-0.2, -0.15) is 0 Å². The third-order valence-corrected chi connectivity index (χ3v) is 17.7. The number of nitrogens with zero attached hydrogens (tertiary/aromatic N) is 3. The first kappa shape index (κ1) is 46.2. The number of para-hydroxylation sites is 3. The van der Waals surface area contributed by atoms with Crippen LogP contribution >= 0.6 is 0 Å². The van der Waals surface area contributed by atoms with E-state index in [9.17, 15) is 0 Å². The molecule has 3 nitrogen and oxygen atoms in total. The van der Waals surface area contributed by atoms with Crippen molar-refractivity contribution in [1.29, 1.82) is 0 Å². The molecule has 0 saturated carbocycles. The second-order valence-electron chi connectivity index (χ2n) is 21.9. The average Bonchev–Trinajstić information content (AvgIpc) is 1.89. The Balaban J connectivity index is 0.863. The molecule has 15 aromatic rings. The molecule has 0 amide bonds. The van der Waals surface area contributed by atoms with Gasteiger partial charge in [0.15, 0.2) is 0 Å². The molecule has 0 radical (unpaired) electrons. The van der Waals surface area contributed by atoms with E-state index >= 15 is 0 Å². The average molecular weight is 1040 g/mol. The quantitative estimate of drug-likeness (QED) is 0.148. The molecule has 2 aromatic heterocycles. The summed E-state index contributed by atoms with van der Waals surface area (Å²) in [5.74, 6) is 0. The molecule has 0 N–H and O–H groups in total. The number of benzene rings is 13. The van der Waals surface area contributed by atoms with Gasteiger partial charge in [-0.3, -0.25) is 0 Å². The molecule has 2 aliphatic carbocycles. The summed E-state index contributed by atoms with van der Waals surface area (Å²) in [4.78, 5) is 2.46. The molecule has 0 aliphatic heterocycles. The Morgan fingerprint density at radius 2 is 0.683 bits per heavy atom. The third-order valence-electron chi connectivity index (χ3n) is 17.7. The van der Waals surface area contributed by atoms with Crippen molar-refractivity contribution in [3.8, 4) is 67.0 Å². The molecule has 82 heavy (non-hydrogen) atoms. The predicted molar refractivity (Wildman–Crippen MR) is 342 cm³/mol. The highest BCUT2D eigenvalue weighted by Crippen LogP contribution is 2.64. The monoisotopic (exact) mass is 1040 g/mol. The van der Waals surface area contributed by atoms with Crippen LogP contribution in [-0.4, -0.2) is 9.13 Å². The number of aromatic nitrogens is 2. The molecule has 1 spiro atoms. The van der Waals surface area contributed by atoms with E-state index in [1.54, 1.807) is 0 Å². The SMILES string of the molecule is c1ccc(-c2cc(-c3ccccc3)cc(-n3c4ccccc4c4cc(N(c5ccc(-c6cccc7c6-c6ccccc6C76c7ccccc7-c7ccccc76)cc5)c5ccc6c7ccccc7n(-c7ccccc7)c6c5)ccc43)c2)cc1. The van der Waals surface area contributed by atoms with Crippen molar-refractivity contribution in [3.63, 3.8) is 0 Å². The largest absolute Gasteiger partial charge is 0.310 e. The van der Waals surface area contributed by atoms with Crippen LogP contribution in [-0.2, 0) is 5.41 Å². The molecule has 3 heteroatoms. The number of rotatable bonds is 8. The van der Waals surface area contributed by atoms with Crippen molar-refractivity contribution in [2.24, 2.45) is 0 Å². The van der Waals surface area contributed by atoms with E-state index in [0.717, 1.165) is 45.0 Å². The fourth-order valence-corrected chi connectivity index (χ4v) is 14.3. The Hall–Kier alpha value is -10.7. The zero-order chi connectivity index (χ0) is 53.9. The van der Waals surface area contributed by atoms with Crippen LogP contribution in [0.2, 0.25) is 0 Å². The maximum Gasteiger partial charge on any atom is 0.0725 e. The Kier molecular flexibility index (Phi) is 10.2. The van der Waals surface area contributed by atoms with Gasteiger partial charge < -0.3 is 14.0 Å². The number of anilines is 3. The normalized spacial score (nSPS) is 12.7. The maximum absolute atomic E-state index is 2.46. The summed E-state index contributed by atoms with van der Waals surface area (Å²) < 4.78 is 4.88. The van der Waals surface area contributed by atoms with Gasteiger partial charge in [0, 0.05) is 50.0 Å². The highest BCUT2D eigenvalue weighted by molar-refractivity contribution is 6.13. The molecule has 17 rings (SSSR count). The van der Waals surface area contributed by atoms with Crippen LogP contribution in [0.3, 0.4) is 0 Å². The Bertz CT molecular complexity index is 4920. The number of hydrogen-bond donors (Lipinski definition) is 0. The van der Waals surface area contributed by atoms with Gasteiger partial charge in [0.2, 0.25) is 0 Å². The lowest BCUT2D eigenvalue weighted by Gasteiger charge is -2.30. The van der Waals surface area contributed by atoms with Crippen molar-refractivity contribution < 1.29 is 0 Å². The minimum Gasteiger partial charge on any atom is -0.310 e. The van der Waals surface area contributed by atoms with Gasteiger partial charge in [-0.05, 0) is 163 Å². The van der Waals surface area contributed by atoms with E-state index in [-0.39, 0.29) is 0 Å². The minimum atomic E-state index is -0.413. The van der Waals surface area contributed by atoms with Crippen LogP contribution < -0.4 is 4.90 Å². The Morgan fingerprint density at radius 3 is 1.33 bits per heavy atom. The van der Waals surface area contributed by atoms with Crippen LogP contribution in [0.15, 0.2) is 309 Å². The summed E-state index contributed by atoms with van der Waals surface area (Å²) in [6.45, 7) is 0. The van der Waals surface area contributed by atoms with E-state index < -0.39 is 5.41 Å². The molecule has 0 atom stereocenters. The van der Waals surface area contributed by atoms with Crippen LogP contribution in [0.4, 0.5) is 17.1 Å². The van der Waals surface area contributed by atoms with Gasteiger partial charge in [0.1, 0.15) is 0 Å². The standard InChI is InChI=1S/C79H51N3/c1-4-21-52(22-5-1)55-47-56(53-23-6-2-7-24-53)49-61(48-55)82-75-38-19-14-30-66(75)69-50-59(44-46-76(69)82)80(60-43-45-67-65-29-13-18-37-74(65)81(77(67)51-60)57-25-8-3-9-26-57)58-41-39-54(40-42-58)62-32-20-36-73-78(62)68-31-12-17-35-72(68)79(73)70-33-15-10-27-63(70)64-28-11-16-34-71(64)79/h1-51H. The van der Waals surface area contributed by atoms with E-state index in [2.05, 4.69) is 323 Å². The summed E-state index contributed by atoms with van der Waals surface area (Å²) in [6.07, 6.45) is 0. The predicted octanol–water partition coefficient (Wildman–Crippen LogP) is 20.7. The van der Waals surface area contributed by atoms with Crippen LogP contribution in [0.5, 0.6) is 0 Å². The molecule has 0 saturated heterocycles. The summed E-state index contributed by atoms with van der Waals surface area (Å²) in [5, 5.41) is 4.83. The molecule has 2 aliphatic rings. The summed E-state index contributed by atoms with van der Waals surface area (Å²) in [7, 11) is 0. The zero-order valence-corrected chi connectivity index (χ0v) is 44.8. The van der Waals surface area contributed by atoms with Gasteiger partial charge in [0.05, 0.1) is 27.5 Å². The van der Waals surface area contributed by atoms with Gasteiger partial charge in [0.25, 0.3) is 0 Å². The van der Waals surface area contributed by atoms with E-state index in [1.165, 1.54) is 105 Å². The maximum atomic E-state index is 2.46. The number of hydrogen-bond acceptors (Lipinski definition) is 1. The fraction of sp³-hybridized carbons (Fsp3) is 0.0127.